The number of rotatable bonds is 4. The lowest BCUT2D eigenvalue weighted by Gasteiger charge is -2.14. The molecular weight excluding hydrogens is 223 g/mol. The first-order valence-corrected chi connectivity index (χ1v) is 7.61. The molecule has 0 spiro atoms. The van der Waals surface area contributed by atoms with Crippen LogP contribution in [0, 0.1) is 13.8 Å². The van der Waals surface area contributed by atoms with E-state index in [0.29, 0.717) is 18.5 Å². The average Bonchev–Trinajstić information content (AvgIpc) is 2.13. The zero-order valence-corrected chi connectivity index (χ0v) is 11.2. The third-order valence-corrected chi connectivity index (χ3v) is 4.17. The molecule has 0 saturated heterocycles. The predicted octanol–water partition coefficient (Wildman–Crippen LogP) is 3.45. The van der Waals surface area contributed by atoms with E-state index in [9.17, 15) is 9.67 Å². The van der Waals surface area contributed by atoms with Crippen LogP contribution in [0.25, 0.3) is 0 Å². The molecule has 0 bridgehead atoms. The molecule has 16 heavy (non-hydrogen) atoms. The van der Waals surface area contributed by atoms with Gasteiger partial charge in [-0.15, -0.1) is 0 Å². The molecule has 0 heterocycles. The molecule has 0 radical (unpaired) electrons. The number of aryl methyl sites for hydroxylation is 2. The van der Waals surface area contributed by atoms with Crippen LogP contribution in [0.15, 0.2) is 12.1 Å². The van der Waals surface area contributed by atoms with E-state index in [4.69, 9.17) is 4.52 Å². The van der Waals surface area contributed by atoms with Gasteiger partial charge >= 0.3 is 0 Å². The minimum Gasteiger partial charge on any atom is -0.507 e. The van der Waals surface area contributed by atoms with E-state index >= 15 is 0 Å². The molecule has 0 aromatic heterocycles. The smallest absolute Gasteiger partial charge is 0.204 e. The number of aromatic hydroxyl groups is 1. The summed E-state index contributed by atoms with van der Waals surface area (Å²) in [5, 5.41) is 9.63. The van der Waals surface area contributed by atoms with Gasteiger partial charge in [-0.05, 0) is 37.5 Å². The van der Waals surface area contributed by atoms with Crippen molar-refractivity contribution in [3.63, 3.8) is 0 Å². The van der Waals surface area contributed by atoms with Gasteiger partial charge in [-0.1, -0.05) is 12.1 Å². The highest BCUT2D eigenvalue weighted by atomic mass is 31.2. The number of phenolic OH excluding ortho intramolecular Hbond substituents is 1. The normalized spacial score (nSPS) is 14.8. The number of phenols is 1. The fourth-order valence-corrected chi connectivity index (χ4v) is 3.27. The van der Waals surface area contributed by atoms with Crippen molar-refractivity contribution in [1.29, 1.82) is 0 Å². The lowest BCUT2D eigenvalue weighted by Crippen LogP contribution is -1.94. The second kappa shape index (κ2) is 5.03. The number of hydrogen-bond donors (Lipinski definition) is 1. The molecule has 1 rings (SSSR count). The molecule has 4 heteroatoms. The maximum absolute atomic E-state index is 12.0. The Bertz CT molecular complexity index is 403. The van der Waals surface area contributed by atoms with Crippen LogP contribution in [-0.2, 0) is 15.3 Å². The largest absolute Gasteiger partial charge is 0.507 e. The Kier molecular flexibility index (Phi) is 4.17. The van der Waals surface area contributed by atoms with Gasteiger partial charge in [0.15, 0.2) is 0 Å². The highest BCUT2D eigenvalue weighted by Crippen LogP contribution is 2.46. The topological polar surface area (TPSA) is 46.5 Å². The summed E-state index contributed by atoms with van der Waals surface area (Å²) >= 11 is 0. The Morgan fingerprint density at radius 2 is 1.81 bits per heavy atom. The molecule has 1 atom stereocenters. The van der Waals surface area contributed by atoms with Gasteiger partial charge in [0, 0.05) is 12.8 Å². The summed E-state index contributed by atoms with van der Waals surface area (Å²) in [5.41, 5.74) is 2.57. The first kappa shape index (κ1) is 13.3. The lowest BCUT2D eigenvalue weighted by atomic mass is 10.1. The van der Waals surface area contributed by atoms with Crippen molar-refractivity contribution in [2.75, 3.05) is 13.3 Å². The minimum atomic E-state index is -2.55. The summed E-state index contributed by atoms with van der Waals surface area (Å²) in [4.78, 5) is 0. The predicted molar refractivity (Wildman–Crippen MR) is 66.4 cm³/mol. The van der Waals surface area contributed by atoms with E-state index in [-0.39, 0.29) is 0 Å². The Balaban J connectivity index is 2.95. The molecule has 3 nitrogen and oxygen atoms in total. The van der Waals surface area contributed by atoms with Crippen molar-refractivity contribution in [3.8, 4) is 5.75 Å². The van der Waals surface area contributed by atoms with Crippen molar-refractivity contribution in [1.82, 2.24) is 0 Å². The lowest BCUT2D eigenvalue weighted by molar-refractivity contribution is 0.336. The highest BCUT2D eigenvalue weighted by molar-refractivity contribution is 7.57. The van der Waals surface area contributed by atoms with Crippen LogP contribution in [0.2, 0.25) is 0 Å². The van der Waals surface area contributed by atoms with Crippen LogP contribution in [0.3, 0.4) is 0 Å². The SMILES string of the molecule is CCOP(C)(=O)Cc1cc(C)c(O)c(C)c1. The van der Waals surface area contributed by atoms with Gasteiger partial charge in [0.1, 0.15) is 5.75 Å². The van der Waals surface area contributed by atoms with Gasteiger partial charge in [0.2, 0.25) is 7.37 Å². The Labute approximate surface area is 96.9 Å². The first-order valence-electron chi connectivity index (χ1n) is 5.36. The van der Waals surface area contributed by atoms with E-state index in [2.05, 4.69) is 0 Å². The molecule has 0 saturated carbocycles. The van der Waals surface area contributed by atoms with Crippen molar-refractivity contribution in [2.45, 2.75) is 26.9 Å². The maximum atomic E-state index is 12.0. The van der Waals surface area contributed by atoms with Crippen LogP contribution in [-0.4, -0.2) is 18.4 Å². The molecule has 1 N–H and O–H groups in total. The third kappa shape index (κ3) is 3.36. The van der Waals surface area contributed by atoms with Crippen LogP contribution in [0.5, 0.6) is 5.75 Å². The highest BCUT2D eigenvalue weighted by Gasteiger charge is 2.17. The van der Waals surface area contributed by atoms with Gasteiger partial charge in [0.05, 0.1) is 6.61 Å². The summed E-state index contributed by atoms with van der Waals surface area (Å²) in [6.45, 7) is 7.63. The molecule has 1 aromatic carbocycles. The van der Waals surface area contributed by atoms with Gasteiger partial charge in [-0.3, -0.25) is 4.57 Å². The van der Waals surface area contributed by atoms with E-state index in [1.54, 1.807) is 6.66 Å². The summed E-state index contributed by atoms with van der Waals surface area (Å²) in [6, 6.07) is 3.72. The molecule has 1 aromatic rings. The molecule has 1 unspecified atom stereocenters. The quantitative estimate of drug-likeness (QED) is 0.822. The Morgan fingerprint density at radius 1 is 1.31 bits per heavy atom. The summed E-state index contributed by atoms with van der Waals surface area (Å²) in [6.07, 6.45) is 0.419. The number of hydrogen-bond acceptors (Lipinski definition) is 3. The van der Waals surface area contributed by atoms with E-state index < -0.39 is 7.37 Å². The minimum absolute atomic E-state index is 0.311. The van der Waals surface area contributed by atoms with Crippen molar-refractivity contribution in [2.24, 2.45) is 0 Å². The van der Waals surface area contributed by atoms with Crippen LogP contribution in [0.1, 0.15) is 23.6 Å². The van der Waals surface area contributed by atoms with Crippen molar-refractivity contribution in [3.05, 3.63) is 28.8 Å². The average molecular weight is 242 g/mol. The summed E-state index contributed by atoms with van der Waals surface area (Å²) in [5.74, 6) is 0.311. The van der Waals surface area contributed by atoms with Crippen molar-refractivity contribution < 1.29 is 14.2 Å². The van der Waals surface area contributed by atoms with Gasteiger partial charge in [-0.2, -0.15) is 0 Å². The standard InChI is InChI=1S/C12H19O3P/c1-5-15-16(4,14)8-11-6-9(2)12(13)10(3)7-11/h6-7,13H,5,8H2,1-4H3. The van der Waals surface area contributed by atoms with E-state index in [1.165, 1.54) is 0 Å². The van der Waals surface area contributed by atoms with Gasteiger partial charge in [-0.25, -0.2) is 0 Å². The van der Waals surface area contributed by atoms with Crippen LogP contribution in [0.4, 0.5) is 0 Å². The molecule has 0 fully saturated rings. The van der Waals surface area contributed by atoms with Gasteiger partial charge < -0.3 is 9.63 Å². The molecular formula is C12H19O3P. The van der Waals surface area contributed by atoms with Gasteiger partial charge in [0.25, 0.3) is 0 Å². The van der Waals surface area contributed by atoms with Crippen molar-refractivity contribution >= 4 is 7.37 Å². The van der Waals surface area contributed by atoms with Crippen LogP contribution < -0.4 is 0 Å². The van der Waals surface area contributed by atoms with Crippen LogP contribution >= 0.6 is 7.37 Å². The maximum Gasteiger partial charge on any atom is 0.204 e. The molecule has 90 valence electrons. The molecule has 0 aliphatic carbocycles. The molecule has 0 amide bonds. The zero-order valence-electron chi connectivity index (χ0n) is 10.3. The second-order valence-corrected chi connectivity index (χ2v) is 6.77. The molecule has 0 aliphatic heterocycles. The second-order valence-electron chi connectivity index (χ2n) is 4.17. The summed E-state index contributed by atoms with van der Waals surface area (Å²) < 4.78 is 17.2. The monoisotopic (exact) mass is 242 g/mol. The zero-order chi connectivity index (χ0) is 12.3. The fraction of sp³-hybridized carbons (Fsp3) is 0.500. The Hall–Kier alpha value is -0.790. The fourth-order valence-electron chi connectivity index (χ4n) is 1.79. The first-order chi connectivity index (χ1) is 7.35. The summed E-state index contributed by atoms with van der Waals surface area (Å²) in [7, 11) is -2.55. The molecule has 0 aliphatic rings. The number of benzene rings is 1. The van der Waals surface area contributed by atoms with E-state index in [1.807, 2.05) is 32.9 Å². The van der Waals surface area contributed by atoms with E-state index in [0.717, 1.165) is 16.7 Å². The third-order valence-electron chi connectivity index (χ3n) is 2.42. The Morgan fingerprint density at radius 3 is 2.25 bits per heavy atom.